The lowest BCUT2D eigenvalue weighted by Crippen LogP contribution is -2.42. The van der Waals surface area contributed by atoms with Gasteiger partial charge in [-0.15, -0.1) is 10.2 Å². The minimum absolute atomic E-state index is 0.0868. The van der Waals surface area contributed by atoms with E-state index in [1.165, 1.54) is 11.8 Å². The number of furan rings is 1. The minimum Gasteiger partial charge on any atom is -0.461 e. The van der Waals surface area contributed by atoms with Crippen molar-refractivity contribution < 1.29 is 14.0 Å². The molecule has 28 heavy (non-hydrogen) atoms. The van der Waals surface area contributed by atoms with Gasteiger partial charge in [0.1, 0.15) is 0 Å². The molecular formula is C19H21N5O3S. The number of benzene rings is 1. The highest BCUT2D eigenvalue weighted by molar-refractivity contribution is 7.99. The molecule has 146 valence electrons. The van der Waals surface area contributed by atoms with Gasteiger partial charge in [-0.05, 0) is 30.2 Å². The van der Waals surface area contributed by atoms with Gasteiger partial charge in [0.15, 0.2) is 16.7 Å². The molecule has 9 heteroatoms. The molecule has 0 unspecified atom stereocenters. The van der Waals surface area contributed by atoms with Crippen molar-refractivity contribution in [2.75, 3.05) is 5.75 Å². The van der Waals surface area contributed by atoms with Crippen molar-refractivity contribution in [1.29, 1.82) is 0 Å². The molecule has 0 aliphatic carbocycles. The number of hydrogen-bond acceptors (Lipinski definition) is 6. The normalized spacial score (nSPS) is 10.8. The van der Waals surface area contributed by atoms with E-state index in [4.69, 9.17) is 4.42 Å². The Kier molecular flexibility index (Phi) is 6.49. The number of rotatable bonds is 7. The monoisotopic (exact) mass is 399 g/mol. The Morgan fingerprint density at radius 2 is 1.89 bits per heavy atom. The Morgan fingerprint density at radius 1 is 1.11 bits per heavy atom. The molecule has 2 N–H and O–H groups in total. The van der Waals surface area contributed by atoms with E-state index < -0.39 is 0 Å². The summed E-state index contributed by atoms with van der Waals surface area (Å²) >= 11 is 1.25. The molecule has 3 aromatic rings. The number of nitrogens with one attached hydrogen (secondary N) is 2. The van der Waals surface area contributed by atoms with Crippen LogP contribution in [0.15, 0.2) is 58.3 Å². The first-order valence-electron chi connectivity index (χ1n) is 8.78. The molecule has 0 aliphatic heterocycles. The summed E-state index contributed by atoms with van der Waals surface area (Å²) in [5.74, 6) is 0.986. The Morgan fingerprint density at radius 3 is 2.57 bits per heavy atom. The molecule has 0 spiro atoms. The van der Waals surface area contributed by atoms with Gasteiger partial charge in [0.05, 0.1) is 12.0 Å². The third kappa shape index (κ3) is 5.01. The van der Waals surface area contributed by atoms with Crippen LogP contribution in [0.1, 0.15) is 24.2 Å². The Labute approximate surface area is 166 Å². The Hall–Kier alpha value is -3.07. The van der Waals surface area contributed by atoms with E-state index in [1.54, 1.807) is 36.6 Å². The van der Waals surface area contributed by atoms with Gasteiger partial charge in [0.2, 0.25) is 5.91 Å². The lowest BCUT2D eigenvalue weighted by Gasteiger charge is -2.11. The highest BCUT2D eigenvalue weighted by atomic mass is 32.2. The minimum atomic E-state index is -0.373. The third-order valence-electron chi connectivity index (χ3n) is 3.69. The molecule has 2 aromatic heterocycles. The maximum atomic E-state index is 12.1. The van der Waals surface area contributed by atoms with Crippen LogP contribution >= 0.6 is 11.8 Å². The van der Waals surface area contributed by atoms with Gasteiger partial charge >= 0.3 is 0 Å². The molecule has 2 amide bonds. The van der Waals surface area contributed by atoms with Crippen LogP contribution in [0.5, 0.6) is 0 Å². The average molecular weight is 399 g/mol. The van der Waals surface area contributed by atoms with E-state index in [1.807, 2.05) is 16.7 Å². The van der Waals surface area contributed by atoms with Crippen LogP contribution in [-0.4, -0.2) is 32.3 Å². The molecule has 0 atom stereocenters. The summed E-state index contributed by atoms with van der Waals surface area (Å²) in [6, 6.07) is 12.3. The molecule has 1 aromatic carbocycles. The first-order chi connectivity index (χ1) is 13.5. The second-order valence-corrected chi connectivity index (χ2v) is 7.39. The number of carbonyl (C=O) groups excluding carboxylic acids is 2. The molecule has 0 aliphatic rings. The number of hydrogen-bond donors (Lipinski definition) is 2. The number of nitrogens with zero attached hydrogens (tertiary/aromatic N) is 3. The summed E-state index contributed by atoms with van der Waals surface area (Å²) in [7, 11) is 0. The van der Waals surface area contributed by atoms with Gasteiger partial charge in [-0.25, -0.2) is 0 Å². The fraction of sp³-hybridized carbons (Fsp3) is 0.263. The van der Waals surface area contributed by atoms with Crippen molar-refractivity contribution in [2.45, 2.75) is 25.5 Å². The third-order valence-corrected chi connectivity index (χ3v) is 4.66. The van der Waals surface area contributed by atoms with Crippen molar-refractivity contribution in [2.24, 2.45) is 5.92 Å². The summed E-state index contributed by atoms with van der Waals surface area (Å²) in [5, 5.41) is 9.00. The van der Waals surface area contributed by atoms with E-state index >= 15 is 0 Å². The van der Waals surface area contributed by atoms with Crippen LogP contribution < -0.4 is 10.9 Å². The molecule has 0 bridgehead atoms. The molecule has 8 nitrogen and oxygen atoms in total. The maximum Gasteiger partial charge on any atom is 0.269 e. The van der Waals surface area contributed by atoms with Crippen molar-refractivity contribution in [1.82, 2.24) is 25.6 Å². The largest absolute Gasteiger partial charge is 0.461 e. The molecule has 0 saturated heterocycles. The predicted octanol–water partition coefficient (Wildman–Crippen LogP) is 2.75. The van der Waals surface area contributed by atoms with Crippen LogP contribution in [0.3, 0.4) is 0 Å². The van der Waals surface area contributed by atoms with Crippen molar-refractivity contribution in [3.8, 4) is 11.6 Å². The van der Waals surface area contributed by atoms with Crippen molar-refractivity contribution in [3.63, 3.8) is 0 Å². The highest BCUT2D eigenvalue weighted by Crippen LogP contribution is 2.25. The summed E-state index contributed by atoms with van der Waals surface area (Å²) in [6.45, 7) is 4.87. The topological polar surface area (TPSA) is 102 Å². The average Bonchev–Trinajstić information content (AvgIpc) is 3.34. The molecule has 0 radical (unpaired) electrons. The summed E-state index contributed by atoms with van der Waals surface area (Å²) < 4.78 is 7.36. The van der Waals surface area contributed by atoms with E-state index in [0.717, 1.165) is 0 Å². The van der Waals surface area contributed by atoms with Crippen LogP contribution in [0.2, 0.25) is 0 Å². The first kappa shape index (κ1) is 19.7. The van der Waals surface area contributed by atoms with Gasteiger partial charge in [0.25, 0.3) is 5.91 Å². The fourth-order valence-electron chi connectivity index (χ4n) is 2.47. The van der Waals surface area contributed by atoms with E-state index in [2.05, 4.69) is 34.9 Å². The highest BCUT2D eigenvalue weighted by Gasteiger charge is 2.18. The van der Waals surface area contributed by atoms with Crippen LogP contribution in [0, 0.1) is 5.92 Å². The lowest BCUT2D eigenvalue weighted by molar-refractivity contribution is -0.119. The fourth-order valence-corrected chi connectivity index (χ4v) is 3.22. The van der Waals surface area contributed by atoms with E-state index in [9.17, 15) is 9.59 Å². The van der Waals surface area contributed by atoms with Crippen molar-refractivity contribution in [3.05, 3.63) is 54.3 Å². The molecule has 0 saturated carbocycles. The zero-order valence-corrected chi connectivity index (χ0v) is 16.4. The molecule has 2 heterocycles. The lowest BCUT2D eigenvalue weighted by atomic mass is 10.2. The van der Waals surface area contributed by atoms with Crippen LogP contribution in [0.25, 0.3) is 11.6 Å². The zero-order valence-electron chi connectivity index (χ0n) is 15.6. The van der Waals surface area contributed by atoms with Crippen LogP contribution in [0.4, 0.5) is 0 Å². The first-order valence-corrected chi connectivity index (χ1v) is 9.77. The second kappa shape index (κ2) is 9.23. The van der Waals surface area contributed by atoms with Gasteiger partial charge in [-0.2, -0.15) is 0 Å². The quantitative estimate of drug-likeness (QED) is 0.468. The molecule has 0 fully saturated rings. The number of thioether (sulfide) groups is 1. The van der Waals surface area contributed by atoms with Gasteiger partial charge in [-0.1, -0.05) is 43.8 Å². The zero-order chi connectivity index (χ0) is 19.9. The van der Waals surface area contributed by atoms with Gasteiger partial charge in [-0.3, -0.25) is 25.0 Å². The van der Waals surface area contributed by atoms with Crippen molar-refractivity contribution >= 4 is 23.6 Å². The Bertz CT molecular complexity index is 922. The second-order valence-electron chi connectivity index (χ2n) is 6.44. The number of aromatic nitrogens is 3. The molecular weight excluding hydrogens is 378 g/mol. The SMILES string of the molecule is CC(C)Cn1c(SCC(=O)NNC(=O)c2ccccc2)nnc1-c1ccco1. The van der Waals surface area contributed by atoms with Crippen LogP contribution in [-0.2, 0) is 11.3 Å². The number of hydrazine groups is 1. The summed E-state index contributed by atoms with van der Waals surface area (Å²) in [4.78, 5) is 24.1. The smallest absolute Gasteiger partial charge is 0.269 e. The van der Waals surface area contributed by atoms with Gasteiger partial charge < -0.3 is 4.42 Å². The van der Waals surface area contributed by atoms with Gasteiger partial charge in [0, 0.05) is 12.1 Å². The summed E-state index contributed by atoms with van der Waals surface area (Å²) in [5.41, 5.74) is 5.28. The van der Waals surface area contributed by atoms with E-state index in [-0.39, 0.29) is 17.6 Å². The van der Waals surface area contributed by atoms with E-state index in [0.29, 0.717) is 34.8 Å². The summed E-state index contributed by atoms with van der Waals surface area (Å²) in [6.07, 6.45) is 1.58. The molecule has 3 rings (SSSR count). The standard InChI is InChI=1S/C19H21N5O3S/c1-13(2)11-24-17(15-9-6-10-27-15)21-23-19(24)28-12-16(25)20-22-18(26)14-7-4-3-5-8-14/h3-10,13H,11-12H2,1-2H3,(H,20,25)(H,22,26). The number of carbonyl (C=O) groups is 2. The Balaban J connectivity index is 1.59. The number of amides is 2. The maximum absolute atomic E-state index is 12.1. The predicted molar refractivity (Wildman–Crippen MR) is 105 cm³/mol.